The third kappa shape index (κ3) is 5.46. The van der Waals surface area contributed by atoms with E-state index in [2.05, 4.69) is 0 Å². The fourth-order valence-electron chi connectivity index (χ4n) is 2.24. The highest BCUT2D eigenvalue weighted by Gasteiger charge is 2.32. The average molecular weight is 272 g/mol. The van der Waals surface area contributed by atoms with Crippen LogP contribution in [-0.4, -0.2) is 65.3 Å². The highest BCUT2D eigenvalue weighted by Crippen LogP contribution is 2.21. The predicted octanol–water partition coefficient (Wildman–Crippen LogP) is 1.40. The Labute approximate surface area is 114 Å². The number of hydrogen-bond donors (Lipinski definition) is 1. The second-order valence-electron chi connectivity index (χ2n) is 6.06. The molecule has 19 heavy (non-hydrogen) atoms. The molecule has 110 valence electrons. The van der Waals surface area contributed by atoms with E-state index in [1.165, 1.54) is 0 Å². The number of likely N-dealkylation sites (N-methyl/N-ethyl adjacent to an activating group) is 1. The van der Waals surface area contributed by atoms with Gasteiger partial charge in [-0.1, -0.05) is 0 Å². The number of aliphatic carboxylic acids is 1. The molecule has 1 aliphatic rings. The zero-order valence-electron chi connectivity index (χ0n) is 12.2. The van der Waals surface area contributed by atoms with E-state index in [1.807, 2.05) is 20.8 Å². The van der Waals surface area contributed by atoms with Crippen molar-refractivity contribution in [3.63, 3.8) is 0 Å². The van der Waals surface area contributed by atoms with E-state index >= 15 is 0 Å². The molecule has 0 aromatic heterocycles. The molecule has 0 bridgehead atoms. The first kappa shape index (κ1) is 15.8. The molecule has 0 spiro atoms. The minimum absolute atomic E-state index is 0.0152. The second-order valence-corrected chi connectivity index (χ2v) is 6.06. The molecule has 1 aliphatic heterocycles. The van der Waals surface area contributed by atoms with Crippen molar-refractivity contribution in [2.45, 2.75) is 45.3 Å². The van der Waals surface area contributed by atoms with Crippen LogP contribution in [0.5, 0.6) is 0 Å². The van der Waals surface area contributed by atoms with Crippen molar-refractivity contribution in [1.82, 2.24) is 9.80 Å². The zero-order valence-corrected chi connectivity index (χ0v) is 12.2. The SMILES string of the molecule is CN(CC(=O)O)CC1CCCN1C(=O)OC(C)(C)C. The number of nitrogens with zero attached hydrogens (tertiary/aromatic N) is 2. The fourth-order valence-corrected chi connectivity index (χ4v) is 2.24. The maximum Gasteiger partial charge on any atom is 0.410 e. The number of amides is 1. The van der Waals surface area contributed by atoms with Crippen LogP contribution in [-0.2, 0) is 9.53 Å². The van der Waals surface area contributed by atoms with Gasteiger partial charge in [-0.05, 0) is 40.7 Å². The largest absolute Gasteiger partial charge is 0.480 e. The molecule has 1 amide bonds. The summed E-state index contributed by atoms with van der Waals surface area (Å²) in [5, 5.41) is 8.74. The van der Waals surface area contributed by atoms with Crippen molar-refractivity contribution >= 4 is 12.1 Å². The van der Waals surface area contributed by atoms with Crippen LogP contribution in [0.4, 0.5) is 4.79 Å². The molecule has 1 atom stereocenters. The van der Waals surface area contributed by atoms with E-state index in [4.69, 9.17) is 9.84 Å². The van der Waals surface area contributed by atoms with Gasteiger partial charge in [0.25, 0.3) is 0 Å². The summed E-state index contributed by atoms with van der Waals surface area (Å²) in [6, 6.07) is 0.0409. The normalized spacial score (nSPS) is 19.8. The summed E-state index contributed by atoms with van der Waals surface area (Å²) in [5.41, 5.74) is -0.503. The Bertz CT molecular complexity index is 338. The lowest BCUT2D eigenvalue weighted by Crippen LogP contribution is -2.45. The average Bonchev–Trinajstić information content (AvgIpc) is 2.61. The minimum atomic E-state index is -0.857. The van der Waals surface area contributed by atoms with Gasteiger partial charge in [0.2, 0.25) is 0 Å². The molecule has 1 saturated heterocycles. The van der Waals surface area contributed by atoms with Gasteiger partial charge in [0.15, 0.2) is 0 Å². The van der Waals surface area contributed by atoms with Crippen LogP contribution in [0.25, 0.3) is 0 Å². The van der Waals surface area contributed by atoms with Gasteiger partial charge in [-0.15, -0.1) is 0 Å². The molecule has 6 heteroatoms. The topological polar surface area (TPSA) is 70.1 Å². The van der Waals surface area contributed by atoms with Crippen molar-refractivity contribution in [3.8, 4) is 0 Å². The molecule has 0 radical (unpaired) electrons. The van der Waals surface area contributed by atoms with Gasteiger partial charge in [0, 0.05) is 19.1 Å². The van der Waals surface area contributed by atoms with Crippen molar-refractivity contribution in [1.29, 1.82) is 0 Å². The van der Waals surface area contributed by atoms with Crippen LogP contribution >= 0.6 is 0 Å². The molecular weight excluding hydrogens is 248 g/mol. The molecule has 0 aliphatic carbocycles. The Morgan fingerprint density at radius 1 is 1.42 bits per heavy atom. The van der Waals surface area contributed by atoms with Crippen molar-refractivity contribution in [2.75, 3.05) is 26.7 Å². The first-order valence-corrected chi connectivity index (χ1v) is 6.59. The van der Waals surface area contributed by atoms with Gasteiger partial charge in [-0.2, -0.15) is 0 Å². The maximum absolute atomic E-state index is 12.0. The first-order chi connectivity index (χ1) is 8.69. The van der Waals surface area contributed by atoms with Crippen molar-refractivity contribution < 1.29 is 19.4 Å². The standard InChI is InChI=1S/C13H24N2O4/c1-13(2,3)19-12(18)15-7-5-6-10(15)8-14(4)9-11(16)17/h10H,5-9H2,1-4H3,(H,16,17). The highest BCUT2D eigenvalue weighted by atomic mass is 16.6. The zero-order chi connectivity index (χ0) is 14.6. The van der Waals surface area contributed by atoms with Gasteiger partial charge in [-0.3, -0.25) is 9.69 Å². The van der Waals surface area contributed by atoms with E-state index < -0.39 is 11.6 Å². The lowest BCUT2D eigenvalue weighted by atomic mass is 10.2. The van der Waals surface area contributed by atoms with Crippen LogP contribution in [0.15, 0.2) is 0 Å². The van der Waals surface area contributed by atoms with Crippen LogP contribution in [0.1, 0.15) is 33.6 Å². The summed E-state index contributed by atoms with van der Waals surface area (Å²) in [6.45, 7) is 6.75. The number of carboxylic acid groups (broad SMARTS) is 1. The molecule has 1 heterocycles. The first-order valence-electron chi connectivity index (χ1n) is 6.59. The van der Waals surface area contributed by atoms with Crippen LogP contribution in [0, 0.1) is 0 Å². The predicted molar refractivity (Wildman–Crippen MR) is 71.1 cm³/mol. The van der Waals surface area contributed by atoms with Crippen LogP contribution in [0.3, 0.4) is 0 Å². The maximum atomic E-state index is 12.0. The summed E-state index contributed by atoms with van der Waals surface area (Å²) < 4.78 is 5.37. The Morgan fingerprint density at radius 3 is 2.58 bits per heavy atom. The number of rotatable bonds is 4. The summed E-state index contributed by atoms with van der Waals surface area (Å²) >= 11 is 0. The van der Waals surface area contributed by atoms with Gasteiger partial charge >= 0.3 is 12.1 Å². The highest BCUT2D eigenvalue weighted by molar-refractivity contribution is 5.69. The number of carbonyl (C=O) groups excluding carboxylic acids is 1. The van der Waals surface area contributed by atoms with E-state index in [-0.39, 0.29) is 18.7 Å². The Hall–Kier alpha value is -1.30. The number of hydrogen-bond acceptors (Lipinski definition) is 4. The van der Waals surface area contributed by atoms with Gasteiger partial charge in [0.05, 0.1) is 6.54 Å². The smallest absolute Gasteiger partial charge is 0.410 e. The summed E-state index contributed by atoms with van der Waals surface area (Å²) in [7, 11) is 1.75. The van der Waals surface area contributed by atoms with Gasteiger partial charge in [0.1, 0.15) is 5.60 Å². The number of carbonyl (C=O) groups is 2. The van der Waals surface area contributed by atoms with E-state index in [0.717, 1.165) is 12.8 Å². The lowest BCUT2D eigenvalue weighted by molar-refractivity contribution is -0.138. The minimum Gasteiger partial charge on any atom is -0.480 e. The summed E-state index contributed by atoms with van der Waals surface area (Å²) in [5.74, 6) is -0.857. The molecule has 0 saturated carbocycles. The Morgan fingerprint density at radius 2 is 2.05 bits per heavy atom. The third-order valence-corrected chi connectivity index (χ3v) is 2.93. The lowest BCUT2D eigenvalue weighted by Gasteiger charge is -2.30. The quantitative estimate of drug-likeness (QED) is 0.837. The molecule has 0 aromatic rings. The fraction of sp³-hybridized carbons (Fsp3) is 0.846. The van der Waals surface area contributed by atoms with Crippen LogP contribution in [0.2, 0.25) is 0 Å². The summed E-state index contributed by atoms with van der Waals surface area (Å²) in [4.78, 5) is 26.1. The van der Waals surface area contributed by atoms with Crippen molar-refractivity contribution in [3.05, 3.63) is 0 Å². The van der Waals surface area contributed by atoms with E-state index in [9.17, 15) is 9.59 Å². The number of ether oxygens (including phenoxy) is 1. The number of carboxylic acids is 1. The van der Waals surface area contributed by atoms with E-state index in [0.29, 0.717) is 13.1 Å². The molecule has 0 aromatic carbocycles. The molecular formula is C13H24N2O4. The Kier molecular flexibility index (Phi) is 5.17. The third-order valence-electron chi connectivity index (χ3n) is 2.93. The monoisotopic (exact) mass is 272 g/mol. The molecule has 1 fully saturated rings. The van der Waals surface area contributed by atoms with E-state index in [1.54, 1.807) is 16.8 Å². The molecule has 1 unspecified atom stereocenters. The molecule has 6 nitrogen and oxygen atoms in total. The second kappa shape index (κ2) is 6.23. The van der Waals surface area contributed by atoms with Gasteiger partial charge < -0.3 is 14.7 Å². The van der Waals surface area contributed by atoms with Crippen LogP contribution < -0.4 is 0 Å². The molecule has 1 N–H and O–H groups in total. The summed E-state index contributed by atoms with van der Waals surface area (Å²) in [6.07, 6.45) is 1.52. The van der Waals surface area contributed by atoms with Crippen molar-refractivity contribution in [2.24, 2.45) is 0 Å². The number of likely N-dealkylation sites (tertiary alicyclic amines) is 1. The Balaban J connectivity index is 2.54. The molecule has 1 rings (SSSR count). The van der Waals surface area contributed by atoms with Gasteiger partial charge in [-0.25, -0.2) is 4.79 Å².